The molecule has 2 rings (SSSR count). The van der Waals surface area contributed by atoms with Gasteiger partial charge >= 0.3 is 5.69 Å². The van der Waals surface area contributed by atoms with E-state index in [2.05, 4.69) is 4.98 Å². The van der Waals surface area contributed by atoms with E-state index in [-0.39, 0.29) is 11.2 Å². The highest BCUT2D eigenvalue weighted by molar-refractivity contribution is 5.69. The predicted molar refractivity (Wildman–Crippen MR) is 60.5 cm³/mol. The summed E-state index contributed by atoms with van der Waals surface area (Å²) in [6, 6.07) is 0. The zero-order valence-corrected chi connectivity index (χ0v) is 9.60. The summed E-state index contributed by atoms with van der Waals surface area (Å²) in [7, 11) is 3.38. The van der Waals surface area contributed by atoms with Crippen molar-refractivity contribution < 1.29 is 0 Å². The first-order valence-corrected chi connectivity index (χ1v) is 5.18. The lowest BCUT2D eigenvalue weighted by atomic mass is 10.4. The minimum absolute atomic E-state index is 0.264. The van der Waals surface area contributed by atoms with Crippen LogP contribution in [-0.4, -0.2) is 18.7 Å². The summed E-state index contributed by atoms with van der Waals surface area (Å²) in [5.74, 6) is 0. The van der Waals surface area contributed by atoms with E-state index in [9.17, 15) is 9.59 Å². The Balaban J connectivity index is 2.98. The van der Waals surface area contributed by atoms with Crippen LogP contribution in [0.4, 0.5) is 0 Å². The maximum Gasteiger partial charge on any atom is 0.332 e. The number of rotatable bonds is 2. The van der Waals surface area contributed by atoms with Crippen LogP contribution in [0.3, 0.4) is 0 Å². The molecular formula is C10H14N4O2. The Kier molecular flexibility index (Phi) is 2.41. The van der Waals surface area contributed by atoms with E-state index >= 15 is 0 Å². The molecule has 6 heteroatoms. The Bertz CT molecular complexity index is 647. The van der Waals surface area contributed by atoms with Crippen LogP contribution in [0.2, 0.25) is 0 Å². The molecule has 0 bridgehead atoms. The predicted octanol–water partition coefficient (Wildman–Crippen LogP) is -0.156. The van der Waals surface area contributed by atoms with Crippen molar-refractivity contribution in [3.05, 3.63) is 27.2 Å². The van der Waals surface area contributed by atoms with Gasteiger partial charge in [0.25, 0.3) is 5.56 Å². The van der Waals surface area contributed by atoms with Crippen molar-refractivity contribution in [1.29, 1.82) is 0 Å². The normalized spacial score (nSPS) is 11.2. The molecule has 2 aromatic heterocycles. The zero-order valence-electron chi connectivity index (χ0n) is 9.60. The topological polar surface area (TPSA) is 61.8 Å². The van der Waals surface area contributed by atoms with Crippen LogP contribution < -0.4 is 11.2 Å². The number of aromatic nitrogens is 4. The lowest BCUT2D eigenvalue weighted by Crippen LogP contribution is -2.39. The molecule has 0 N–H and O–H groups in total. The number of fused-ring (bicyclic) bond motifs is 1. The highest BCUT2D eigenvalue weighted by atomic mass is 16.2. The molecule has 0 aliphatic heterocycles. The summed E-state index contributed by atoms with van der Waals surface area (Å²) >= 11 is 0. The molecule has 6 nitrogen and oxygen atoms in total. The van der Waals surface area contributed by atoms with Crippen molar-refractivity contribution in [3.8, 4) is 0 Å². The van der Waals surface area contributed by atoms with Crippen molar-refractivity contribution in [2.75, 3.05) is 0 Å². The highest BCUT2D eigenvalue weighted by Crippen LogP contribution is 2.02. The molecule has 0 aliphatic carbocycles. The van der Waals surface area contributed by atoms with Gasteiger partial charge in [-0.15, -0.1) is 0 Å². The third-order valence-corrected chi connectivity index (χ3v) is 2.65. The van der Waals surface area contributed by atoms with Crippen LogP contribution in [0.15, 0.2) is 15.9 Å². The standard InChI is InChI=1S/C10H14N4O2/c1-4-5-14-9(15)7-8(11-6-12(7)2)13(3)10(14)16/h6H,4-5H2,1-3H3. The van der Waals surface area contributed by atoms with Gasteiger partial charge in [-0.05, 0) is 6.42 Å². The molecule has 0 spiro atoms. The van der Waals surface area contributed by atoms with Gasteiger partial charge in [-0.1, -0.05) is 6.92 Å². The Labute approximate surface area is 91.8 Å². The van der Waals surface area contributed by atoms with Crippen molar-refractivity contribution in [2.45, 2.75) is 19.9 Å². The second kappa shape index (κ2) is 3.62. The molecule has 0 aliphatic rings. The maximum atomic E-state index is 12.1. The van der Waals surface area contributed by atoms with Gasteiger partial charge in [0.05, 0.1) is 6.33 Å². The third kappa shape index (κ3) is 1.30. The molecule has 0 unspecified atom stereocenters. The van der Waals surface area contributed by atoms with E-state index < -0.39 is 0 Å². The molecule has 0 amide bonds. The molecule has 16 heavy (non-hydrogen) atoms. The molecule has 2 aromatic rings. The van der Waals surface area contributed by atoms with Crippen LogP contribution in [0.5, 0.6) is 0 Å². The van der Waals surface area contributed by atoms with Gasteiger partial charge in [-0.3, -0.25) is 13.9 Å². The van der Waals surface area contributed by atoms with E-state index in [1.54, 1.807) is 25.0 Å². The molecule has 2 heterocycles. The Morgan fingerprint density at radius 3 is 2.62 bits per heavy atom. The van der Waals surface area contributed by atoms with Gasteiger partial charge in [-0.25, -0.2) is 9.78 Å². The van der Waals surface area contributed by atoms with Crippen molar-refractivity contribution in [3.63, 3.8) is 0 Å². The minimum atomic E-state index is -0.307. The Morgan fingerprint density at radius 2 is 2.00 bits per heavy atom. The second-order valence-corrected chi connectivity index (χ2v) is 3.83. The van der Waals surface area contributed by atoms with E-state index in [0.717, 1.165) is 6.42 Å². The molecule has 0 aromatic carbocycles. The number of imidazole rings is 1. The number of aryl methyl sites for hydroxylation is 2. The molecule has 86 valence electrons. The molecule has 0 saturated heterocycles. The first-order valence-electron chi connectivity index (χ1n) is 5.18. The van der Waals surface area contributed by atoms with Crippen LogP contribution >= 0.6 is 0 Å². The third-order valence-electron chi connectivity index (χ3n) is 2.65. The number of hydrogen-bond acceptors (Lipinski definition) is 3. The average Bonchev–Trinajstić information content (AvgIpc) is 2.64. The van der Waals surface area contributed by atoms with E-state index in [1.165, 1.54) is 9.13 Å². The molecule has 0 atom stereocenters. The highest BCUT2D eigenvalue weighted by Gasteiger charge is 2.13. The number of nitrogens with zero attached hydrogens (tertiary/aromatic N) is 4. The van der Waals surface area contributed by atoms with Crippen LogP contribution in [-0.2, 0) is 20.6 Å². The summed E-state index contributed by atoms with van der Waals surface area (Å²) < 4.78 is 4.31. The summed E-state index contributed by atoms with van der Waals surface area (Å²) in [5.41, 5.74) is 0.332. The largest absolute Gasteiger partial charge is 0.332 e. The quantitative estimate of drug-likeness (QED) is 0.709. The lowest BCUT2D eigenvalue weighted by molar-refractivity contribution is 0.591. The van der Waals surface area contributed by atoms with Crippen LogP contribution in [0, 0.1) is 0 Å². The second-order valence-electron chi connectivity index (χ2n) is 3.83. The Hall–Kier alpha value is -1.85. The van der Waals surface area contributed by atoms with E-state index in [1.807, 2.05) is 6.92 Å². The fourth-order valence-electron chi connectivity index (χ4n) is 1.82. The zero-order chi connectivity index (χ0) is 11.9. The van der Waals surface area contributed by atoms with Crippen LogP contribution in [0.1, 0.15) is 13.3 Å². The number of hydrogen-bond donors (Lipinski definition) is 0. The van der Waals surface area contributed by atoms with Crippen molar-refractivity contribution in [2.24, 2.45) is 14.1 Å². The average molecular weight is 222 g/mol. The minimum Gasteiger partial charge on any atom is -0.328 e. The first-order chi connectivity index (χ1) is 7.57. The monoisotopic (exact) mass is 222 g/mol. The van der Waals surface area contributed by atoms with E-state index in [4.69, 9.17) is 0 Å². The van der Waals surface area contributed by atoms with Gasteiger partial charge in [0.15, 0.2) is 11.2 Å². The van der Waals surface area contributed by atoms with Crippen LogP contribution in [0.25, 0.3) is 11.2 Å². The van der Waals surface area contributed by atoms with Gasteiger partial charge in [0.2, 0.25) is 0 Å². The van der Waals surface area contributed by atoms with Gasteiger partial charge in [0, 0.05) is 20.6 Å². The molecule has 0 radical (unpaired) electrons. The van der Waals surface area contributed by atoms with Crippen molar-refractivity contribution >= 4 is 11.2 Å². The van der Waals surface area contributed by atoms with Gasteiger partial charge < -0.3 is 4.57 Å². The SMILES string of the molecule is CCCn1c(=O)c2c(ncn2C)n(C)c1=O. The Morgan fingerprint density at radius 1 is 1.31 bits per heavy atom. The smallest absolute Gasteiger partial charge is 0.328 e. The van der Waals surface area contributed by atoms with E-state index in [0.29, 0.717) is 17.7 Å². The molecule has 0 saturated carbocycles. The molecular weight excluding hydrogens is 208 g/mol. The summed E-state index contributed by atoms with van der Waals surface area (Å²) in [6.07, 6.45) is 2.29. The summed E-state index contributed by atoms with van der Waals surface area (Å²) in [5, 5.41) is 0. The lowest BCUT2D eigenvalue weighted by Gasteiger charge is -2.06. The van der Waals surface area contributed by atoms with Gasteiger partial charge in [0.1, 0.15) is 0 Å². The fourth-order valence-corrected chi connectivity index (χ4v) is 1.82. The maximum absolute atomic E-state index is 12.1. The fraction of sp³-hybridized carbons (Fsp3) is 0.500. The first kappa shape index (κ1) is 10.7. The summed E-state index contributed by atoms with van der Waals surface area (Å²) in [6.45, 7) is 2.37. The summed E-state index contributed by atoms with van der Waals surface area (Å²) in [4.78, 5) is 28.0. The van der Waals surface area contributed by atoms with Crippen molar-refractivity contribution in [1.82, 2.24) is 18.7 Å². The molecule has 0 fully saturated rings. The van der Waals surface area contributed by atoms with Gasteiger partial charge in [-0.2, -0.15) is 0 Å².